The van der Waals surface area contributed by atoms with Gasteiger partial charge in [-0.2, -0.15) is 18.9 Å². The summed E-state index contributed by atoms with van der Waals surface area (Å²) in [4.78, 5) is 4.14. The molecule has 1 aromatic heterocycles. The summed E-state index contributed by atoms with van der Waals surface area (Å²) >= 11 is 0. The molecule has 112 valence electrons. The van der Waals surface area contributed by atoms with Crippen molar-refractivity contribution in [2.24, 2.45) is 0 Å². The number of hydrogen-bond acceptors (Lipinski definition) is 5. The molecule has 2 aromatic rings. The van der Waals surface area contributed by atoms with Crippen molar-refractivity contribution >= 4 is 5.95 Å². The molecule has 0 spiro atoms. The number of anilines is 1. The number of para-hydroxylation sites is 1. The fraction of sp³-hybridized carbons (Fsp3) is 0.385. The Hall–Kier alpha value is -2.22. The molecular weight excluding hydrogens is 282 g/mol. The molecule has 8 heteroatoms. The lowest BCUT2D eigenvalue weighted by atomic mass is 10.0. The Morgan fingerprint density at radius 3 is 3.00 bits per heavy atom. The maximum atomic E-state index is 12.5. The first-order chi connectivity index (χ1) is 10.2. The molecule has 1 atom stereocenters. The smallest absolute Gasteiger partial charge is 0.387 e. The number of halogens is 2. The van der Waals surface area contributed by atoms with Gasteiger partial charge in [0.15, 0.2) is 5.82 Å². The van der Waals surface area contributed by atoms with Gasteiger partial charge in [-0.15, -0.1) is 0 Å². The van der Waals surface area contributed by atoms with Gasteiger partial charge in [-0.05, 0) is 12.5 Å². The van der Waals surface area contributed by atoms with Crippen LogP contribution in [0.2, 0.25) is 0 Å². The molecule has 0 saturated heterocycles. The van der Waals surface area contributed by atoms with E-state index in [0.717, 1.165) is 0 Å². The zero-order valence-corrected chi connectivity index (χ0v) is 11.0. The lowest BCUT2D eigenvalue weighted by Crippen LogP contribution is -2.25. The van der Waals surface area contributed by atoms with Gasteiger partial charge in [-0.25, -0.2) is 4.68 Å². The van der Waals surface area contributed by atoms with Crippen LogP contribution in [0.1, 0.15) is 23.9 Å². The quantitative estimate of drug-likeness (QED) is 0.899. The van der Waals surface area contributed by atoms with E-state index in [1.165, 1.54) is 6.07 Å². The van der Waals surface area contributed by atoms with Crippen LogP contribution in [0.3, 0.4) is 0 Å². The molecule has 21 heavy (non-hydrogen) atoms. The molecule has 0 fully saturated rings. The molecule has 1 unspecified atom stereocenters. The average molecular weight is 296 g/mol. The van der Waals surface area contributed by atoms with Crippen LogP contribution in [0.25, 0.3) is 0 Å². The number of fused-ring (bicyclic) bond motifs is 1. The van der Waals surface area contributed by atoms with E-state index >= 15 is 0 Å². The standard InChI is InChI=1S/C13H14F2N4O2/c14-12(15)21-10-4-2-1-3-8(10)9-5-6-16-13-17-11(7-20)18-19(9)13/h1-4,9,12,20H,5-7H2,(H,16,17,18). The van der Waals surface area contributed by atoms with Crippen molar-refractivity contribution in [1.82, 2.24) is 14.8 Å². The SMILES string of the molecule is OCc1nc2n(n1)C(c1ccccc1OC(F)F)CCN2. The second-order valence-electron chi connectivity index (χ2n) is 4.60. The summed E-state index contributed by atoms with van der Waals surface area (Å²) < 4.78 is 31.2. The lowest BCUT2D eigenvalue weighted by molar-refractivity contribution is -0.0507. The number of alkyl halides is 2. The zero-order chi connectivity index (χ0) is 14.8. The number of aromatic nitrogens is 3. The summed E-state index contributed by atoms with van der Waals surface area (Å²) in [7, 11) is 0. The summed E-state index contributed by atoms with van der Waals surface area (Å²) in [5.41, 5.74) is 0.620. The molecule has 1 aliphatic heterocycles. The first-order valence-electron chi connectivity index (χ1n) is 6.53. The van der Waals surface area contributed by atoms with Gasteiger partial charge < -0.3 is 15.2 Å². The first-order valence-corrected chi connectivity index (χ1v) is 6.53. The van der Waals surface area contributed by atoms with Crippen molar-refractivity contribution < 1.29 is 18.6 Å². The Kier molecular flexibility index (Phi) is 3.70. The Balaban J connectivity index is 2.00. The third-order valence-electron chi connectivity index (χ3n) is 3.31. The molecule has 3 rings (SSSR count). The van der Waals surface area contributed by atoms with Crippen LogP contribution < -0.4 is 10.1 Å². The summed E-state index contributed by atoms with van der Waals surface area (Å²) in [5.74, 6) is 0.935. The van der Waals surface area contributed by atoms with Crippen LogP contribution in [0.5, 0.6) is 5.75 Å². The summed E-state index contributed by atoms with van der Waals surface area (Å²) in [6.07, 6.45) is 0.658. The lowest BCUT2D eigenvalue weighted by Gasteiger charge is -2.26. The van der Waals surface area contributed by atoms with Crippen LogP contribution in [0.4, 0.5) is 14.7 Å². The maximum absolute atomic E-state index is 12.5. The van der Waals surface area contributed by atoms with Gasteiger partial charge in [0, 0.05) is 12.1 Å². The molecule has 0 aliphatic carbocycles. The number of benzene rings is 1. The molecule has 1 aromatic carbocycles. The van der Waals surface area contributed by atoms with Crippen LogP contribution in [0, 0.1) is 0 Å². The normalized spacial score (nSPS) is 17.4. The summed E-state index contributed by atoms with van der Waals surface area (Å²) in [6.45, 7) is -2.52. The average Bonchev–Trinajstić information content (AvgIpc) is 2.90. The van der Waals surface area contributed by atoms with Gasteiger partial charge in [0.2, 0.25) is 5.95 Å². The second kappa shape index (κ2) is 5.65. The predicted octanol–water partition coefficient (Wildman–Crippen LogP) is 1.78. The Morgan fingerprint density at radius 2 is 2.24 bits per heavy atom. The van der Waals surface area contributed by atoms with Crippen molar-refractivity contribution in [3.63, 3.8) is 0 Å². The van der Waals surface area contributed by atoms with Gasteiger partial charge in [-0.1, -0.05) is 18.2 Å². The number of hydrogen-bond donors (Lipinski definition) is 2. The first kappa shape index (κ1) is 13.7. The van der Waals surface area contributed by atoms with Crippen molar-refractivity contribution in [3.05, 3.63) is 35.7 Å². The van der Waals surface area contributed by atoms with E-state index in [9.17, 15) is 8.78 Å². The minimum absolute atomic E-state index is 0.131. The van der Waals surface area contributed by atoms with Gasteiger partial charge in [0.1, 0.15) is 12.4 Å². The summed E-state index contributed by atoms with van der Waals surface area (Å²) in [6, 6.07) is 6.39. The molecule has 2 N–H and O–H groups in total. The van der Waals surface area contributed by atoms with Gasteiger partial charge >= 0.3 is 6.61 Å². The molecular formula is C13H14F2N4O2. The highest BCUT2D eigenvalue weighted by atomic mass is 19.3. The number of ether oxygens (including phenoxy) is 1. The Bertz CT molecular complexity index is 632. The predicted molar refractivity (Wildman–Crippen MR) is 70.3 cm³/mol. The van der Waals surface area contributed by atoms with E-state index < -0.39 is 6.61 Å². The van der Waals surface area contributed by atoms with Crippen molar-refractivity contribution in [2.75, 3.05) is 11.9 Å². The van der Waals surface area contributed by atoms with Crippen LogP contribution in [0.15, 0.2) is 24.3 Å². The van der Waals surface area contributed by atoms with E-state index in [4.69, 9.17) is 5.11 Å². The highest BCUT2D eigenvalue weighted by molar-refractivity contribution is 5.40. The molecule has 2 heterocycles. The highest BCUT2D eigenvalue weighted by Crippen LogP contribution is 2.34. The monoisotopic (exact) mass is 296 g/mol. The van der Waals surface area contributed by atoms with Crippen molar-refractivity contribution in [2.45, 2.75) is 25.7 Å². The van der Waals surface area contributed by atoms with E-state index in [0.29, 0.717) is 24.5 Å². The van der Waals surface area contributed by atoms with Crippen LogP contribution >= 0.6 is 0 Å². The highest BCUT2D eigenvalue weighted by Gasteiger charge is 2.27. The topological polar surface area (TPSA) is 72.2 Å². The molecule has 6 nitrogen and oxygen atoms in total. The van der Waals surface area contributed by atoms with Gasteiger partial charge in [-0.3, -0.25) is 0 Å². The van der Waals surface area contributed by atoms with Crippen LogP contribution in [-0.2, 0) is 6.61 Å². The number of aliphatic hydroxyl groups is 1. The van der Waals surface area contributed by atoms with Gasteiger partial charge in [0.05, 0.1) is 6.04 Å². The number of aliphatic hydroxyl groups excluding tert-OH is 1. The minimum Gasteiger partial charge on any atom is -0.434 e. The van der Waals surface area contributed by atoms with Crippen molar-refractivity contribution in [3.8, 4) is 5.75 Å². The van der Waals surface area contributed by atoms with Crippen LogP contribution in [-0.4, -0.2) is 33.0 Å². The third-order valence-corrected chi connectivity index (χ3v) is 3.31. The molecule has 0 saturated carbocycles. The Labute approximate surface area is 119 Å². The largest absolute Gasteiger partial charge is 0.434 e. The number of nitrogens with zero attached hydrogens (tertiary/aromatic N) is 3. The molecule has 0 amide bonds. The maximum Gasteiger partial charge on any atom is 0.387 e. The molecule has 0 radical (unpaired) electrons. The minimum atomic E-state index is -2.88. The second-order valence-corrected chi connectivity index (χ2v) is 4.60. The molecule has 0 bridgehead atoms. The van der Waals surface area contributed by atoms with E-state index in [1.54, 1.807) is 22.9 Å². The zero-order valence-electron chi connectivity index (χ0n) is 11.0. The summed E-state index contributed by atoms with van der Waals surface area (Å²) in [5, 5.41) is 16.4. The van der Waals surface area contributed by atoms with E-state index in [2.05, 4.69) is 20.1 Å². The fourth-order valence-corrected chi connectivity index (χ4v) is 2.46. The molecule has 1 aliphatic rings. The van der Waals surface area contributed by atoms with E-state index in [1.807, 2.05) is 0 Å². The van der Waals surface area contributed by atoms with E-state index in [-0.39, 0.29) is 24.2 Å². The fourth-order valence-electron chi connectivity index (χ4n) is 2.46. The van der Waals surface area contributed by atoms with Crippen molar-refractivity contribution in [1.29, 1.82) is 0 Å². The third kappa shape index (κ3) is 2.66. The number of rotatable bonds is 4. The van der Waals surface area contributed by atoms with Gasteiger partial charge in [0.25, 0.3) is 0 Å². The Morgan fingerprint density at radius 1 is 1.43 bits per heavy atom. The number of nitrogens with one attached hydrogen (secondary N) is 1.